The number of para-hydroxylation sites is 1. The maximum absolute atomic E-state index is 14.4. The smallest absolute Gasteiger partial charge is 0.223 e. The highest BCUT2D eigenvalue weighted by molar-refractivity contribution is 6.31. The summed E-state index contributed by atoms with van der Waals surface area (Å²) in [4.78, 5) is 2.15. The third-order valence-corrected chi connectivity index (χ3v) is 4.92. The molecule has 6 nitrogen and oxygen atoms in total. The van der Waals surface area contributed by atoms with E-state index in [2.05, 4.69) is 39.4 Å². The van der Waals surface area contributed by atoms with Crippen molar-refractivity contribution in [2.24, 2.45) is 0 Å². The molecule has 27 heavy (non-hydrogen) atoms. The molecular formula is C19H18ClFN6. The van der Waals surface area contributed by atoms with Crippen molar-refractivity contribution >= 4 is 28.2 Å². The normalized spacial score (nSPS) is 11.3. The number of hydrogen-bond donors (Lipinski definition) is 1. The second-order valence-corrected chi connectivity index (χ2v) is 6.47. The van der Waals surface area contributed by atoms with E-state index in [1.54, 1.807) is 6.07 Å². The molecule has 0 aliphatic heterocycles. The Morgan fingerprint density at radius 2 is 1.89 bits per heavy atom. The van der Waals surface area contributed by atoms with Crippen molar-refractivity contribution < 1.29 is 4.39 Å². The SMILES string of the molecule is CCN(CC)c1c(-c2nn[nH]n2)n(-c2ccccc2)c2cc(Cl)c(F)cc12. The average molecular weight is 385 g/mol. The second kappa shape index (κ2) is 7.00. The lowest BCUT2D eigenvalue weighted by Gasteiger charge is -2.22. The van der Waals surface area contributed by atoms with Crippen molar-refractivity contribution in [3.8, 4) is 17.2 Å². The van der Waals surface area contributed by atoms with Crippen molar-refractivity contribution in [3.05, 3.63) is 53.3 Å². The molecule has 0 atom stereocenters. The molecule has 2 aromatic carbocycles. The fourth-order valence-corrected chi connectivity index (χ4v) is 3.60. The van der Waals surface area contributed by atoms with Crippen LogP contribution in [0.4, 0.5) is 10.1 Å². The average Bonchev–Trinajstić information content (AvgIpc) is 3.31. The molecular weight excluding hydrogens is 367 g/mol. The number of halogens is 2. The fraction of sp³-hybridized carbons (Fsp3) is 0.211. The van der Waals surface area contributed by atoms with E-state index < -0.39 is 5.82 Å². The van der Waals surface area contributed by atoms with Crippen molar-refractivity contribution in [1.82, 2.24) is 25.2 Å². The molecule has 4 rings (SSSR count). The number of hydrogen-bond acceptors (Lipinski definition) is 4. The van der Waals surface area contributed by atoms with Crippen LogP contribution in [-0.2, 0) is 0 Å². The molecule has 0 aliphatic carbocycles. The minimum atomic E-state index is -0.456. The topological polar surface area (TPSA) is 62.6 Å². The zero-order valence-corrected chi connectivity index (χ0v) is 15.7. The highest BCUT2D eigenvalue weighted by Crippen LogP contribution is 2.42. The number of anilines is 1. The maximum Gasteiger partial charge on any atom is 0.223 e. The number of fused-ring (bicyclic) bond motifs is 1. The van der Waals surface area contributed by atoms with Crippen molar-refractivity contribution in [3.63, 3.8) is 0 Å². The first kappa shape index (κ1) is 17.5. The van der Waals surface area contributed by atoms with E-state index in [4.69, 9.17) is 11.6 Å². The lowest BCUT2D eigenvalue weighted by atomic mass is 10.2. The van der Waals surface area contributed by atoms with E-state index in [1.807, 2.05) is 34.9 Å². The fourth-order valence-electron chi connectivity index (χ4n) is 3.44. The quantitative estimate of drug-likeness (QED) is 0.552. The lowest BCUT2D eigenvalue weighted by Crippen LogP contribution is -2.22. The van der Waals surface area contributed by atoms with Gasteiger partial charge in [-0.15, -0.1) is 10.2 Å². The van der Waals surface area contributed by atoms with Gasteiger partial charge in [0.05, 0.1) is 16.2 Å². The van der Waals surface area contributed by atoms with E-state index in [1.165, 1.54) is 6.07 Å². The summed E-state index contributed by atoms with van der Waals surface area (Å²) >= 11 is 6.13. The molecule has 0 spiro atoms. The Morgan fingerprint density at radius 1 is 1.15 bits per heavy atom. The summed E-state index contributed by atoms with van der Waals surface area (Å²) in [6, 6.07) is 12.9. The van der Waals surface area contributed by atoms with Crippen LogP contribution in [0.3, 0.4) is 0 Å². The Bertz CT molecular complexity index is 1070. The summed E-state index contributed by atoms with van der Waals surface area (Å²) in [6.07, 6.45) is 0. The summed E-state index contributed by atoms with van der Waals surface area (Å²) in [7, 11) is 0. The third kappa shape index (κ3) is 2.84. The number of nitrogens with one attached hydrogen (secondary N) is 1. The van der Waals surface area contributed by atoms with Crippen LogP contribution in [0.25, 0.3) is 28.1 Å². The predicted octanol–water partition coefficient (Wildman–Crippen LogP) is 4.45. The second-order valence-electron chi connectivity index (χ2n) is 6.06. The van der Waals surface area contributed by atoms with E-state index in [0.717, 1.165) is 41.1 Å². The molecule has 0 aliphatic rings. The Hall–Kier alpha value is -2.93. The summed E-state index contributed by atoms with van der Waals surface area (Å²) in [5.74, 6) is -0.0177. The highest BCUT2D eigenvalue weighted by atomic mass is 35.5. The van der Waals surface area contributed by atoms with Gasteiger partial charge >= 0.3 is 0 Å². The van der Waals surface area contributed by atoms with E-state index in [9.17, 15) is 4.39 Å². The Balaban J connectivity index is 2.19. The molecule has 138 valence electrons. The molecule has 1 N–H and O–H groups in total. The molecule has 0 amide bonds. The van der Waals surface area contributed by atoms with Gasteiger partial charge in [0.25, 0.3) is 0 Å². The van der Waals surface area contributed by atoms with Gasteiger partial charge in [-0.3, -0.25) is 0 Å². The molecule has 2 heterocycles. The number of rotatable bonds is 5. The van der Waals surface area contributed by atoms with Gasteiger partial charge < -0.3 is 9.47 Å². The number of H-pyrrole nitrogens is 1. The highest BCUT2D eigenvalue weighted by Gasteiger charge is 2.26. The number of aromatic nitrogens is 5. The van der Waals surface area contributed by atoms with Gasteiger partial charge in [-0.1, -0.05) is 29.8 Å². The van der Waals surface area contributed by atoms with Gasteiger partial charge in [0.15, 0.2) is 0 Å². The number of aromatic amines is 1. The van der Waals surface area contributed by atoms with Crippen LogP contribution >= 0.6 is 11.6 Å². The number of benzene rings is 2. The van der Waals surface area contributed by atoms with E-state index >= 15 is 0 Å². The standard InChI is InChI=1S/C19H18ClFN6/c1-3-26(4-2)17-13-10-15(21)14(20)11-16(13)27(12-8-6-5-7-9-12)18(17)19-22-24-25-23-19/h5-11H,3-4H2,1-2H3,(H,22,23,24,25). The summed E-state index contributed by atoms with van der Waals surface area (Å²) < 4.78 is 16.4. The molecule has 0 radical (unpaired) electrons. The third-order valence-electron chi connectivity index (χ3n) is 4.63. The monoisotopic (exact) mass is 384 g/mol. The van der Waals surface area contributed by atoms with E-state index in [-0.39, 0.29) is 5.02 Å². The number of nitrogens with zero attached hydrogens (tertiary/aromatic N) is 5. The maximum atomic E-state index is 14.4. The first-order chi connectivity index (χ1) is 13.2. The van der Waals surface area contributed by atoms with Crippen molar-refractivity contribution in [2.45, 2.75) is 13.8 Å². The minimum absolute atomic E-state index is 0.0722. The molecule has 8 heteroatoms. The van der Waals surface area contributed by atoms with Crippen LogP contribution in [0.2, 0.25) is 5.02 Å². The number of tetrazole rings is 1. The van der Waals surface area contributed by atoms with Crippen LogP contribution in [0, 0.1) is 5.82 Å². The largest absolute Gasteiger partial charge is 0.370 e. The van der Waals surface area contributed by atoms with E-state index in [0.29, 0.717) is 5.82 Å². The molecule has 4 aromatic rings. The minimum Gasteiger partial charge on any atom is -0.370 e. The first-order valence-electron chi connectivity index (χ1n) is 8.73. The summed E-state index contributed by atoms with van der Waals surface area (Å²) in [5, 5.41) is 15.5. The summed E-state index contributed by atoms with van der Waals surface area (Å²) in [5.41, 5.74) is 3.30. The van der Waals surface area contributed by atoms with Gasteiger partial charge in [0.1, 0.15) is 11.5 Å². The van der Waals surface area contributed by atoms with Crippen molar-refractivity contribution in [1.29, 1.82) is 0 Å². The van der Waals surface area contributed by atoms with Crippen LogP contribution in [0.1, 0.15) is 13.8 Å². The van der Waals surface area contributed by atoms with Gasteiger partial charge in [-0.25, -0.2) is 4.39 Å². The van der Waals surface area contributed by atoms with Crippen LogP contribution in [-0.4, -0.2) is 38.3 Å². The predicted molar refractivity (Wildman–Crippen MR) is 105 cm³/mol. The zero-order chi connectivity index (χ0) is 19.0. The Morgan fingerprint density at radius 3 is 2.52 bits per heavy atom. The van der Waals surface area contributed by atoms with Gasteiger partial charge in [0.2, 0.25) is 5.82 Å². The Kier molecular flexibility index (Phi) is 4.53. The van der Waals surface area contributed by atoms with Crippen LogP contribution in [0.15, 0.2) is 42.5 Å². The van der Waals surface area contributed by atoms with Crippen LogP contribution in [0.5, 0.6) is 0 Å². The van der Waals surface area contributed by atoms with Crippen molar-refractivity contribution in [2.75, 3.05) is 18.0 Å². The van der Waals surface area contributed by atoms with Gasteiger partial charge in [0, 0.05) is 24.2 Å². The molecule has 2 aromatic heterocycles. The van der Waals surface area contributed by atoms with Crippen LogP contribution < -0.4 is 4.90 Å². The van der Waals surface area contributed by atoms with Gasteiger partial charge in [-0.05, 0) is 43.3 Å². The molecule has 0 fully saturated rings. The van der Waals surface area contributed by atoms with Gasteiger partial charge in [-0.2, -0.15) is 5.21 Å². The zero-order valence-electron chi connectivity index (χ0n) is 14.9. The first-order valence-corrected chi connectivity index (χ1v) is 9.11. The summed E-state index contributed by atoms with van der Waals surface area (Å²) in [6.45, 7) is 5.61. The molecule has 0 bridgehead atoms. The molecule has 0 unspecified atom stereocenters. The lowest BCUT2D eigenvalue weighted by molar-refractivity contribution is 0.630. The Labute approximate surface area is 160 Å². The molecule has 0 saturated carbocycles. The molecule has 0 saturated heterocycles.